The van der Waals surface area contributed by atoms with Gasteiger partial charge in [-0.1, -0.05) is 0 Å². The minimum atomic E-state index is -4.35. The van der Waals surface area contributed by atoms with Crippen molar-refractivity contribution in [3.05, 3.63) is 59.4 Å². The lowest BCUT2D eigenvalue weighted by Gasteiger charge is -2.38. The molecule has 0 aliphatic rings. The molecule has 0 spiro atoms. The lowest BCUT2D eigenvalue weighted by atomic mass is 9.84. The fourth-order valence-corrected chi connectivity index (χ4v) is 2.72. The zero-order valence-electron chi connectivity index (χ0n) is 16.5. The number of aliphatic hydroxyl groups is 1. The van der Waals surface area contributed by atoms with E-state index in [1.165, 1.54) is 0 Å². The van der Waals surface area contributed by atoms with Crippen molar-refractivity contribution in [1.82, 2.24) is 15.4 Å². The van der Waals surface area contributed by atoms with Crippen LogP contribution in [0.25, 0.3) is 0 Å². The van der Waals surface area contributed by atoms with E-state index in [-0.39, 0.29) is 5.75 Å². The minimum Gasteiger partial charge on any atom is -0.486 e. The number of nitrogens with one attached hydrogen (secondary N) is 1. The molecule has 1 aromatic carbocycles. The predicted molar refractivity (Wildman–Crippen MR) is 105 cm³/mol. The van der Waals surface area contributed by atoms with Crippen LogP contribution in [0.1, 0.15) is 18.2 Å². The first kappa shape index (κ1) is 25.6. The topological polar surface area (TPSA) is 110 Å². The maximum atomic E-state index is 15.5. The molecule has 0 saturated heterocycles. The molecule has 14 heteroatoms. The monoisotopic (exact) mass is 483 g/mol. The van der Waals surface area contributed by atoms with Gasteiger partial charge in [-0.25, -0.2) is 29.2 Å². The number of thiocarbonyl (C=S) groups is 1. The van der Waals surface area contributed by atoms with Gasteiger partial charge in [0.05, 0.1) is 12.7 Å². The summed E-state index contributed by atoms with van der Waals surface area (Å²) in [5, 5.41) is 10.9. The SMILES string of the molecule is CC(F)(F)COc1ccc(C(F)(F)C(O)(CN(N)C(=S)NN)c2ccc(F)cc2F)nc1. The summed E-state index contributed by atoms with van der Waals surface area (Å²) in [6, 6.07) is 3.18. The van der Waals surface area contributed by atoms with Gasteiger partial charge in [0.15, 0.2) is 17.3 Å². The second-order valence-electron chi connectivity index (χ2n) is 6.87. The molecule has 2 rings (SSSR count). The van der Waals surface area contributed by atoms with Crippen molar-refractivity contribution in [1.29, 1.82) is 0 Å². The molecule has 0 aliphatic heterocycles. The molecular formula is C18H19F6N5O2S. The third-order valence-corrected chi connectivity index (χ3v) is 4.58. The highest BCUT2D eigenvalue weighted by molar-refractivity contribution is 7.80. The Hall–Kier alpha value is -2.68. The van der Waals surface area contributed by atoms with Gasteiger partial charge < -0.3 is 9.84 Å². The van der Waals surface area contributed by atoms with Crippen LogP contribution in [0.15, 0.2) is 36.5 Å². The number of hydrogen-bond donors (Lipinski definition) is 4. The number of nitrogens with two attached hydrogens (primary N) is 2. The number of ether oxygens (including phenoxy) is 1. The van der Waals surface area contributed by atoms with E-state index in [1.54, 1.807) is 0 Å². The Labute approximate surface area is 183 Å². The van der Waals surface area contributed by atoms with Gasteiger partial charge >= 0.3 is 5.92 Å². The molecule has 0 bridgehead atoms. The molecule has 7 nitrogen and oxygen atoms in total. The highest BCUT2D eigenvalue weighted by Gasteiger charge is 2.58. The first-order valence-electron chi connectivity index (χ1n) is 8.77. The third-order valence-electron chi connectivity index (χ3n) is 4.23. The summed E-state index contributed by atoms with van der Waals surface area (Å²) >= 11 is 4.73. The Morgan fingerprint density at radius 2 is 1.88 bits per heavy atom. The van der Waals surface area contributed by atoms with E-state index in [0.29, 0.717) is 36.2 Å². The minimum absolute atomic E-state index is 0.253. The molecule has 32 heavy (non-hydrogen) atoms. The zero-order chi connectivity index (χ0) is 24.3. The van der Waals surface area contributed by atoms with Gasteiger partial charge in [-0.15, -0.1) is 0 Å². The van der Waals surface area contributed by atoms with Crippen molar-refractivity contribution in [2.75, 3.05) is 13.2 Å². The Balaban J connectivity index is 2.50. The predicted octanol–water partition coefficient (Wildman–Crippen LogP) is 2.30. The van der Waals surface area contributed by atoms with E-state index < -0.39 is 58.6 Å². The zero-order valence-corrected chi connectivity index (χ0v) is 17.3. The van der Waals surface area contributed by atoms with E-state index in [0.717, 1.165) is 12.3 Å². The second-order valence-corrected chi connectivity index (χ2v) is 7.26. The summed E-state index contributed by atoms with van der Waals surface area (Å²) in [7, 11) is 0. The van der Waals surface area contributed by atoms with Crippen molar-refractivity contribution >= 4 is 17.3 Å². The highest BCUT2D eigenvalue weighted by Crippen LogP contribution is 2.46. The number of pyridine rings is 1. The standard InChI is InChI=1S/C18H19F6N5O2S/c1-16(21,22)9-31-11-3-5-14(27-7-11)18(23,24)17(30,8-29(26)15(32)28-25)12-4-2-10(19)6-13(12)20/h2-7,30H,8-9,25-26H2,1H3,(H,28,32). The summed E-state index contributed by atoms with van der Waals surface area (Å²) in [4.78, 5) is 3.45. The quantitative estimate of drug-likeness (QED) is 0.196. The van der Waals surface area contributed by atoms with Crippen LogP contribution in [0.4, 0.5) is 26.3 Å². The first-order valence-corrected chi connectivity index (χ1v) is 9.18. The number of rotatable bonds is 8. The molecule has 176 valence electrons. The van der Waals surface area contributed by atoms with Gasteiger partial charge in [-0.3, -0.25) is 15.4 Å². The number of hydrogen-bond acceptors (Lipinski definition) is 6. The number of nitrogens with zero attached hydrogens (tertiary/aromatic N) is 2. The van der Waals surface area contributed by atoms with E-state index in [1.807, 2.05) is 5.43 Å². The van der Waals surface area contributed by atoms with Gasteiger partial charge in [-0.2, -0.15) is 8.78 Å². The average molecular weight is 483 g/mol. The third kappa shape index (κ3) is 5.56. The molecule has 0 saturated carbocycles. The van der Waals surface area contributed by atoms with Crippen LogP contribution in [0.2, 0.25) is 0 Å². The van der Waals surface area contributed by atoms with Crippen LogP contribution < -0.4 is 21.8 Å². The molecule has 1 heterocycles. The summed E-state index contributed by atoms with van der Waals surface area (Å²) in [6.07, 6.45) is 0.725. The summed E-state index contributed by atoms with van der Waals surface area (Å²) in [5.41, 5.74) is -3.60. The van der Waals surface area contributed by atoms with Gasteiger partial charge in [0.2, 0.25) is 0 Å². The van der Waals surface area contributed by atoms with Crippen LogP contribution in [-0.2, 0) is 11.5 Å². The number of benzene rings is 1. The maximum absolute atomic E-state index is 15.5. The Morgan fingerprint density at radius 1 is 1.22 bits per heavy atom. The van der Waals surface area contributed by atoms with E-state index in [9.17, 15) is 22.7 Å². The van der Waals surface area contributed by atoms with Crippen LogP contribution in [0, 0.1) is 11.6 Å². The van der Waals surface area contributed by atoms with E-state index >= 15 is 8.78 Å². The van der Waals surface area contributed by atoms with Crippen molar-refractivity contribution in [3.8, 4) is 5.75 Å². The summed E-state index contributed by atoms with van der Waals surface area (Å²) < 4.78 is 89.3. The van der Waals surface area contributed by atoms with E-state index in [2.05, 4.69) is 4.98 Å². The Kier molecular flexibility index (Phi) is 7.55. The Bertz CT molecular complexity index is 960. The molecular weight excluding hydrogens is 464 g/mol. The van der Waals surface area contributed by atoms with Crippen LogP contribution in [-0.4, -0.2) is 39.3 Å². The summed E-state index contributed by atoms with van der Waals surface area (Å²) in [6.45, 7) is -1.63. The maximum Gasteiger partial charge on any atom is 0.323 e. The van der Waals surface area contributed by atoms with Crippen LogP contribution >= 0.6 is 12.2 Å². The molecule has 0 radical (unpaired) electrons. The van der Waals surface area contributed by atoms with Crippen molar-refractivity contribution in [3.63, 3.8) is 0 Å². The first-order chi connectivity index (χ1) is 14.7. The van der Waals surface area contributed by atoms with Crippen LogP contribution in [0.5, 0.6) is 5.75 Å². The van der Waals surface area contributed by atoms with Crippen molar-refractivity contribution in [2.24, 2.45) is 11.7 Å². The lowest BCUT2D eigenvalue weighted by molar-refractivity contribution is -0.204. The number of halogens is 6. The molecule has 0 amide bonds. The van der Waals surface area contributed by atoms with Gasteiger partial charge in [0.25, 0.3) is 5.92 Å². The smallest absolute Gasteiger partial charge is 0.323 e. The second kappa shape index (κ2) is 9.44. The number of aromatic nitrogens is 1. The molecule has 0 aliphatic carbocycles. The largest absolute Gasteiger partial charge is 0.486 e. The molecule has 1 aromatic heterocycles. The van der Waals surface area contributed by atoms with Crippen molar-refractivity contribution < 1.29 is 36.2 Å². The summed E-state index contributed by atoms with van der Waals surface area (Å²) in [5.74, 6) is 0.308. The van der Waals surface area contributed by atoms with Gasteiger partial charge in [-0.05, 0) is 36.5 Å². The lowest BCUT2D eigenvalue weighted by Crippen LogP contribution is -2.58. The number of hydrazine groups is 2. The highest BCUT2D eigenvalue weighted by atomic mass is 32.1. The molecule has 6 N–H and O–H groups in total. The molecule has 1 atom stereocenters. The molecule has 1 unspecified atom stereocenters. The normalized spacial score (nSPS) is 13.9. The average Bonchev–Trinajstić information content (AvgIpc) is 2.71. The van der Waals surface area contributed by atoms with E-state index in [4.69, 9.17) is 28.6 Å². The van der Waals surface area contributed by atoms with Gasteiger partial charge in [0, 0.05) is 18.6 Å². The molecule has 0 fully saturated rings. The fourth-order valence-electron chi connectivity index (χ4n) is 2.65. The fraction of sp³-hybridized carbons (Fsp3) is 0.333. The van der Waals surface area contributed by atoms with Crippen molar-refractivity contribution in [2.45, 2.75) is 24.4 Å². The number of alkyl halides is 4. The van der Waals surface area contributed by atoms with Crippen LogP contribution in [0.3, 0.4) is 0 Å². The Morgan fingerprint density at radius 3 is 2.38 bits per heavy atom. The van der Waals surface area contributed by atoms with Gasteiger partial charge in [0.1, 0.15) is 23.1 Å². The molecule has 2 aromatic rings.